The smallest absolute Gasteiger partial charge is 0.293 e. The van der Waals surface area contributed by atoms with E-state index in [1.807, 2.05) is 4.90 Å². The summed E-state index contributed by atoms with van der Waals surface area (Å²) in [4.78, 5) is 26.3. The standard InChI is InChI=1S/C20H22FN3O3S/c21-16-5-7-17(8-6-16)28-13-3-10-22-20(25)15-4-9-18(19(14-15)24(26)27)23-11-1-2-12-23/h4-9,14H,1-3,10-13H2,(H,22,25). The average Bonchev–Trinajstić information content (AvgIpc) is 3.23. The third-order valence-corrected chi connectivity index (χ3v) is 5.67. The number of halogens is 1. The molecule has 1 heterocycles. The van der Waals surface area contributed by atoms with E-state index in [1.54, 1.807) is 36.0 Å². The molecule has 0 spiro atoms. The Kier molecular flexibility index (Phi) is 6.86. The lowest BCUT2D eigenvalue weighted by atomic mass is 10.1. The van der Waals surface area contributed by atoms with Gasteiger partial charge in [-0.15, -0.1) is 11.8 Å². The zero-order valence-corrected chi connectivity index (χ0v) is 16.2. The fourth-order valence-electron chi connectivity index (χ4n) is 3.13. The second-order valence-electron chi connectivity index (χ2n) is 6.57. The lowest BCUT2D eigenvalue weighted by molar-refractivity contribution is -0.384. The first-order valence-electron chi connectivity index (χ1n) is 9.24. The molecule has 6 nitrogen and oxygen atoms in total. The van der Waals surface area contributed by atoms with Crippen LogP contribution in [0.1, 0.15) is 29.6 Å². The van der Waals surface area contributed by atoms with Crippen molar-refractivity contribution in [3.8, 4) is 0 Å². The molecule has 2 aromatic carbocycles. The predicted octanol–water partition coefficient (Wildman–Crippen LogP) is 4.25. The quantitative estimate of drug-likeness (QED) is 0.309. The van der Waals surface area contributed by atoms with E-state index in [2.05, 4.69) is 5.32 Å². The number of nitrogens with one attached hydrogen (secondary N) is 1. The van der Waals surface area contributed by atoms with E-state index < -0.39 is 4.92 Å². The van der Waals surface area contributed by atoms with Gasteiger partial charge in [-0.3, -0.25) is 14.9 Å². The van der Waals surface area contributed by atoms with Crippen LogP contribution in [0, 0.1) is 15.9 Å². The number of nitro benzene ring substituents is 1. The summed E-state index contributed by atoms with van der Waals surface area (Å²) in [6, 6.07) is 11.0. The zero-order chi connectivity index (χ0) is 19.9. The Morgan fingerprint density at radius 2 is 1.89 bits per heavy atom. The molecule has 0 saturated carbocycles. The molecule has 3 rings (SSSR count). The van der Waals surface area contributed by atoms with E-state index in [-0.39, 0.29) is 17.4 Å². The van der Waals surface area contributed by atoms with Gasteiger partial charge in [0.2, 0.25) is 0 Å². The van der Waals surface area contributed by atoms with Crippen LogP contribution in [0.3, 0.4) is 0 Å². The predicted molar refractivity (Wildman–Crippen MR) is 109 cm³/mol. The summed E-state index contributed by atoms with van der Waals surface area (Å²) in [5, 5.41) is 14.2. The van der Waals surface area contributed by atoms with E-state index in [4.69, 9.17) is 0 Å². The summed E-state index contributed by atoms with van der Waals surface area (Å²) < 4.78 is 12.9. The highest BCUT2D eigenvalue weighted by Crippen LogP contribution is 2.31. The Morgan fingerprint density at radius 1 is 1.18 bits per heavy atom. The van der Waals surface area contributed by atoms with Gasteiger partial charge in [0.25, 0.3) is 11.6 Å². The van der Waals surface area contributed by atoms with Crippen LogP contribution in [-0.4, -0.2) is 36.2 Å². The first-order chi connectivity index (χ1) is 13.5. The van der Waals surface area contributed by atoms with Gasteiger partial charge in [0.05, 0.1) is 4.92 Å². The van der Waals surface area contributed by atoms with Crippen LogP contribution in [0.2, 0.25) is 0 Å². The molecule has 0 unspecified atom stereocenters. The highest BCUT2D eigenvalue weighted by Gasteiger charge is 2.23. The summed E-state index contributed by atoms with van der Waals surface area (Å²) in [6.45, 7) is 2.07. The number of amides is 1. The number of hydrogen-bond acceptors (Lipinski definition) is 5. The number of hydrogen-bond donors (Lipinski definition) is 1. The second-order valence-corrected chi connectivity index (χ2v) is 7.73. The Bertz CT molecular complexity index is 839. The average molecular weight is 403 g/mol. The maximum atomic E-state index is 12.9. The Balaban J connectivity index is 1.51. The van der Waals surface area contributed by atoms with Crippen molar-refractivity contribution in [3.05, 3.63) is 64.0 Å². The summed E-state index contributed by atoms with van der Waals surface area (Å²) >= 11 is 1.59. The number of carbonyl (C=O) groups is 1. The molecule has 1 aliphatic rings. The number of anilines is 1. The fourth-order valence-corrected chi connectivity index (χ4v) is 3.99. The molecular formula is C20H22FN3O3S. The molecule has 0 radical (unpaired) electrons. The van der Waals surface area contributed by atoms with E-state index in [1.165, 1.54) is 18.2 Å². The number of thioether (sulfide) groups is 1. The number of benzene rings is 2. The molecule has 0 aliphatic carbocycles. The van der Waals surface area contributed by atoms with Gasteiger partial charge >= 0.3 is 0 Å². The molecule has 0 aromatic heterocycles. The number of rotatable bonds is 8. The lowest BCUT2D eigenvalue weighted by Crippen LogP contribution is -2.25. The molecule has 8 heteroatoms. The minimum atomic E-state index is -0.427. The Labute approximate surface area is 167 Å². The van der Waals surface area contributed by atoms with Crippen LogP contribution in [0.25, 0.3) is 0 Å². The molecule has 28 heavy (non-hydrogen) atoms. The van der Waals surface area contributed by atoms with Crippen LogP contribution in [-0.2, 0) is 0 Å². The molecule has 1 aliphatic heterocycles. The fraction of sp³-hybridized carbons (Fsp3) is 0.350. The van der Waals surface area contributed by atoms with Crippen LogP contribution >= 0.6 is 11.8 Å². The molecule has 1 N–H and O–H groups in total. The number of nitro groups is 1. The third-order valence-electron chi connectivity index (χ3n) is 4.57. The van der Waals surface area contributed by atoms with Crippen molar-refractivity contribution in [1.29, 1.82) is 0 Å². The van der Waals surface area contributed by atoms with Crippen LogP contribution in [0.15, 0.2) is 47.4 Å². The summed E-state index contributed by atoms with van der Waals surface area (Å²) in [5.74, 6) is 0.198. The maximum Gasteiger partial charge on any atom is 0.293 e. The molecule has 0 atom stereocenters. The largest absolute Gasteiger partial charge is 0.366 e. The SMILES string of the molecule is O=C(NCCCSc1ccc(F)cc1)c1ccc(N2CCCC2)c([N+](=O)[O-])c1. The van der Waals surface area contributed by atoms with Crippen LogP contribution in [0.4, 0.5) is 15.8 Å². The summed E-state index contributed by atoms with van der Waals surface area (Å²) in [7, 11) is 0. The molecule has 2 aromatic rings. The second kappa shape index (κ2) is 9.54. The normalized spacial score (nSPS) is 13.5. The van der Waals surface area contributed by atoms with Crippen molar-refractivity contribution in [2.24, 2.45) is 0 Å². The van der Waals surface area contributed by atoms with Crippen LogP contribution < -0.4 is 10.2 Å². The highest BCUT2D eigenvalue weighted by molar-refractivity contribution is 7.99. The van der Waals surface area contributed by atoms with Gasteiger partial charge in [0.15, 0.2) is 0 Å². The topological polar surface area (TPSA) is 75.5 Å². The van der Waals surface area contributed by atoms with Gasteiger partial charge in [-0.2, -0.15) is 0 Å². The third kappa shape index (κ3) is 5.22. The minimum absolute atomic E-state index is 0.0265. The van der Waals surface area contributed by atoms with Crippen molar-refractivity contribution in [2.45, 2.75) is 24.2 Å². The first-order valence-corrected chi connectivity index (χ1v) is 10.2. The van der Waals surface area contributed by atoms with Gasteiger partial charge in [-0.05, 0) is 61.4 Å². The summed E-state index contributed by atoms with van der Waals surface area (Å²) in [6.07, 6.45) is 2.78. The van der Waals surface area contributed by atoms with Gasteiger partial charge in [-0.1, -0.05) is 0 Å². The zero-order valence-electron chi connectivity index (χ0n) is 15.4. The molecule has 148 valence electrons. The molecular weight excluding hydrogens is 381 g/mol. The van der Waals surface area contributed by atoms with Crippen molar-refractivity contribution in [3.63, 3.8) is 0 Å². The number of carbonyl (C=O) groups excluding carboxylic acids is 1. The van der Waals surface area contributed by atoms with Crippen molar-refractivity contribution >= 4 is 29.0 Å². The molecule has 1 fully saturated rings. The van der Waals surface area contributed by atoms with E-state index in [9.17, 15) is 19.3 Å². The van der Waals surface area contributed by atoms with Gasteiger partial charge in [0.1, 0.15) is 11.5 Å². The van der Waals surface area contributed by atoms with Crippen LogP contribution in [0.5, 0.6) is 0 Å². The van der Waals surface area contributed by atoms with Crippen molar-refractivity contribution < 1.29 is 14.1 Å². The maximum absolute atomic E-state index is 12.9. The van der Waals surface area contributed by atoms with Gasteiger partial charge < -0.3 is 10.2 Å². The number of nitrogens with zero attached hydrogens (tertiary/aromatic N) is 2. The van der Waals surface area contributed by atoms with E-state index >= 15 is 0 Å². The highest BCUT2D eigenvalue weighted by atomic mass is 32.2. The molecule has 1 amide bonds. The molecule has 1 saturated heterocycles. The first kappa shape index (κ1) is 20.1. The Hall–Kier alpha value is -2.61. The Morgan fingerprint density at radius 3 is 2.57 bits per heavy atom. The summed E-state index contributed by atoms with van der Waals surface area (Å²) in [5.41, 5.74) is 0.844. The van der Waals surface area contributed by atoms with Gasteiger partial charge in [-0.25, -0.2) is 4.39 Å². The van der Waals surface area contributed by atoms with Gasteiger partial charge in [0, 0.05) is 36.2 Å². The lowest BCUT2D eigenvalue weighted by Gasteiger charge is -2.17. The monoisotopic (exact) mass is 403 g/mol. The van der Waals surface area contributed by atoms with Crippen molar-refractivity contribution in [2.75, 3.05) is 30.3 Å². The van der Waals surface area contributed by atoms with E-state index in [0.717, 1.165) is 43.0 Å². The van der Waals surface area contributed by atoms with E-state index in [0.29, 0.717) is 17.8 Å². The van der Waals surface area contributed by atoms with Crippen molar-refractivity contribution in [1.82, 2.24) is 5.32 Å². The molecule has 0 bridgehead atoms. The minimum Gasteiger partial charge on any atom is -0.366 e.